The molecule has 2 aromatic heterocycles. The van der Waals surface area contributed by atoms with E-state index in [0.29, 0.717) is 18.1 Å². The SMILES string of the molecule is CCCc1noc([C@H]2CCCN(C(=O)c3ccn(C)n3)C2)n1. The summed E-state index contributed by atoms with van der Waals surface area (Å²) in [5.74, 6) is 1.51. The summed E-state index contributed by atoms with van der Waals surface area (Å²) >= 11 is 0. The van der Waals surface area contributed by atoms with Crippen LogP contribution in [-0.4, -0.2) is 43.8 Å². The van der Waals surface area contributed by atoms with Crippen LogP contribution in [0.2, 0.25) is 0 Å². The van der Waals surface area contributed by atoms with E-state index in [-0.39, 0.29) is 11.8 Å². The van der Waals surface area contributed by atoms with Gasteiger partial charge in [-0.1, -0.05) is 12.1 Å². The number of piperidine rings is 1. The van der Waals surface area contributed by atoms with E-state index in [4.69, 9.17) is 4.52 Å². The lowest BCUT2D eigenvalue weighted by molar-refractivity contribution is 0.0689. The number of carbonyl (C=O) groups is 1. The Bertz CT molecular complexity index is 648. The molecule has 0 spiro atoms. The monoisotopic (exact) mass is 303 g/mol. The predicted molar refractivity (Wildman–Crippen MR) is 79.4 cm³/mol. The third kappa shape index (κ3) is 3.03. The third-order valence-corrected chi connectivity index (χ3v) is 3.95. The van der Waals surface area contributed by atoms with Crippen molar-refractivity contribution >= 4 is 5.91 Å². The third-order valence-electron chi connectivity index (χ3n) is 3.95. The Balaban J connectivity index is 1.69. The Labute approximate surface area is 129 Å². The largest absolute Gasteiger partial charge is 0.339 e. The molecule has 1 aliphatic heterocycles. The number of hydrogen-bond acceptors (Lipinski definition) is 5. The van der Waals surface area contributed by atoms with E-state index in [2.05, 4.69) is 22.2 Å². The molecule has 0 bridgehead atoms. The molecule has 1 fully saturated rings. The molecule has 1 aliphatic rings. The molecule has 0 unspecified atom stereocenters. The van der Waals surface area contributed by atoms with Gasteiger partial charge in [0.05, 0.1) is 5.92 Å². The fourth-order valence-corrected chi connectivity index (χ4v) is 2.81. The zero-order valence-electron chi connectivity index (χ0n) is 13.0. The van der Waals surface area contributed by atoms with Crippen molar-refractivity contribution in [1.29, 1.82) is 0 Å². The first-order chi connectivity index (χ1) is 10.7. The second kappa shape index (κ2) is 6.29. The Morgan fingerprint density at radius 2 is 2.36 bits per heavy atom. The molecular formula is C15H21N5O2. The molecule has 0 saturated carbocycles. The van der Waals surface area contributed by atoms with Crippen molar-refractivity contribution < 1.29 is 9.32 Å². The lowest BCUT2D eigenvalue weighted by Crippen LogP contribution is -2.39. The smallest absolute Gasteiger partial charge is 0.274 e. The minimum atomic E-state index is -0.0291. The first-order valence-corrected chi connectivity index (χ1v) is 7.78. The molecule has 3 heterocycles. The summed E-state index contributed by atoms with van der Waals surface area (Å²) in [5, 5.41) is 8.19. The van der Waals surface area contributed by atoms with Crippen LogP contribution in [0.1, 0.15) is 54.3 Å². The minimum absolute atomic E-state index is 0.0291. The molecule has 0 aliphatic carbocycles. The van der Waals surface area contributed by atoms with Gasteiger partial charge >= 0.3 is 0 Å². The second-order valence-corrected chi connectivity index (χ2v) is 5.76. The molecule has 1 atom stereocenters. The number of aromatic nitrogens is 4. The van der Waals surface area contributed by atoms with Gasteiger partial charge in [0.25, 0.3) is 5.91 Å². The van der Waals surface area contributed by atoms with Gasteiger partial charge in [0.1, 0.15) is 5.69 Å². The van der Waals surface area contributed by atoms with Crippen LogP contribution in [0, 0.1) is 0 Å². The summed E-state index contributed by atoms with van der Waals surface area (Å²) in [6, 6.07) is 1.75. The molecule has 7 nitrogen and oxygen atoms in total. The highest BCUT2D eigenvalue weighted by Gasteiger charge is 2.29. The summed E-state index contributed by atoms with van der Waals surface area (Å²) in [6.07, 6.45) is 5.51. The zero-order valence-corrected chi connectivity index (χ0v) is 13.0. The van der Waals surface area contributed by atoms with Crippen molar-refractivity contribution in [3.63, 3.8) is 0 Å². The van der Waals surface area contributed by atoms with Crippen molar-refractivity contribution in [2.45, 2.75) is 38.5 Å². The maximum Gasteiger partial charge on any atom is 0.274 e. The average molecular weight is 303 g/mol. The number of aryl methyl sites for hydroxylation is 2. The highest BCUT2D eigenvalue weighted by molar-refractivity contribution is 5.92. The van der Waals surface area contributed by atoms with Crippen molar-refractivity contribution in [3.8, 4) is 0 Å². The normalized spacial score (nSPS) is 18.6. The summed E-state index contributed by atoms with van der Waals surface area (Å²) in [7, 11) is 1.81. The van der Waals surface area contributed by atoms with E-state index in [1.165, 1.54) is 0 Å². The average Bonchev–Trinajstić information content (AvgIpc) is 3.16. The molecule has 22 heavy (non-hydrogen) atoms. The van der Waals surface area contributed by atoms with Crippen LogP contribution in [0.15, 0.2) is 16.8 Å². The first kappa shape index (κ1) is 14.7. The number of carbonyl (C=O) groups excluding carboxylic acids is 1. The molecule has 7 heteroatoms. The maximum absolute atomic E-state index is 12.5. The maximum atomic E-state index is 12.5. The molecule has 2 aromatic rings. The van der Waals surface area contributed by atoms with Crippen LogP contribution in [0.5, 0.6) is 0 Å². The lowest BCUT2D eigenvalue weighted by atomic mass is 9.97. The standard InChI is InChI=1S/C15H21N5O2/c1-3-5-13-16-14(22-18-13)11-6-4-8-20(10-11)15(21)12-7-9-19(2)17-12/h7,9,11H,3-6,8,10H2,1-2H3/t11-/m0/s1. The quantitative estimate of drug-likeness (QED) is 0.860. The lowest BCUT2D eigenvalue weighted by Gasteiger charge is -2.30. The highest BCUT2D eigenvalue weighted by Crippen LogP contribution is 2.26. The van der Waals surface area contributed by atoms with Crippen LogP contribution < -0.4 is 0 Å². The van der Waals surface area contributed by atoms with Gasteiger partial charge in [-0.25, -0.2) is 0 Å². The van der Waals surface area contributed by atoms with Gasteiger partial charge in [0.15, 0.2) is 5.82 Å². The Kier molecular flexibility index (Phi) is 4.22. The summed E-state index contributed by atoms with van der Waals surface area (Å²) in [5.41, 5.74) is 0.486. The molecule has 1 saturated heterocycles. The van der Waals surface area contributed by atoms with Crippen LogP contribution >= 0.6 is 0 Å². The van der Waals surface area contributed by atoms with Gasteiger partial charge in [-0.2, -0.15) is 10.1 Å². The van der Waals surface area contributed by atoms with Crippen molar-refractivity contribution in [2.24, 2.45) is 7.05 Å². The molecule has 1 amide bonds. The van der Waals surface area contributed by atoms with Crippen LogP contribution in [0.3, 0.4) is 0 Å². The van der Waals surface area contributed by atoms with Crippen LogP contribution in [0.25, 0.3) is 0 Å². The minimum Gasteiger partial charge on any atom is -0.339 e. The number of rotatable bonds is 4. The fraction of sp³-hybridized carbons (Fsp3) is 0.600. The number of nitrogens with zero attached hydrogens (tertiary/aromatic N) is 5. The van der Waals surface area contributed by atoms with Gasteiger partial charge < -0.3 is 9.42 Å². The Morgan fingerprint density at radius 1 is 1.50 bits per heavy atom. The van der Waals surface area contributed by atoms with Crippen molar-refractivity contribution in [1.82, 2.24) is 24.8 Å². The van der Waals surface area contributed by atoms with Crippen molar-refractivity contribution in [2.75, 3.05) is 13.1 Å². The second-order valence-electron chi connectivity index (χ2n) is 5.76. The highest BCUT2D eigenvalue weighted by atomic mass is 16.5. The Morgan fingerprint density at radius 3 is 3.09 bits per heavy atom. The Hall–Kier alpha value is -2.18. The predicted octanol–water partition coefficient (Wildman–Crippen LogP) is 1.78. The van der Waals surface area contributed by atoms with Gasteiger partial charge in [-0.3, -0.25) is 9.48 Å². The molecule has 0 radical (unpaired) electrons. The van der Waals surface area contributed by atoms with E-state index in [9.17, 15) is 4.79 Å². The van der Waals surface area contributed by atoms with E-state index in [0.717, 1.165) is 38.1 Å². The molecular weight excluding hydrogens is 282 g/mol. The number of amides is 1. The molecule has 3 rings (SSSR count). The van der Waals surface area contributed by atoms with Gasteiger partial charge in [-0.15, -0.1) is 0 Å². The van der Waals surface area contributed by atoms with Crippen molar-refractivity contribution in [3.05, 3.63) is 29.7 Å². The first-order valence-electron chi connectivity index (χ1n) is 7.78. The molecule has 0 aromatic carbocycles. The van der Waals surface area contributed by atoms with Crippen LogP contribution in [-0.2, 0) is 13.5 Å². The molecule has 0 N–H and O–H groups in total. The van der Waals surface area contributed by atoms with E-state index in [1.54, 1.807) is 16.9 Å². The summed E-state index contributed by atoms with van der Waals surface area (Å²) < 4.78 is 7.02. The molecule has 118 valence electrons. The van der Waals surface area contributed by atoms with Gasteiger partial charge in [-0.05, 0) is 25.3 Å². The summed E-state index contributed by atoms with van der Waals surface area (Å²) in [6.45, 7) is 3.45. The van der Waals surface area contributed by atoms with E-state index < -0.39 is 0 Å². The van der Waals surface area contributed by atoms with Gasteiger partial charge in [0.2, 0.25) is 5.89 Å². The number of likely N-dealkylation sites (tertiary alicyclic amines) is 1. The van der Waals surface area contributed by atoms with Crippen LogP contribution in [0.4, 0.5) is 0 Å². The summed E-state index contributed by atoms with van der Waals surface area (Å²) in [4.78, 5) is 18.8. The van der Waals surface area contributed by atoms with E-state index in [1.807, 2.05) is 11.9 Å². The fourth-order valence-electron chi connectivity index (χ4n) is 2.81. The topological polar surface area (TPSA) is 77.0 Å². The van der Waals surface area contributed by atoms with E-state index >= 15 is 0 Å². The zero-order chi connectivity index (χ0) is 15.5. The number of hydrogen-bond donors (Lipinski definition) is 0. The van der Waals surface area contributed by atoms with Gasteiger partial charge in [0, 0.05) is 32.8 Å².